The molecule has 0 aliphatic carbocycles. The quantitative estimate of drug-likeness (QED) is 0.647. The normalized spacial score (nSPS) is 18.2. The zero-order valence-electron chi connectivity index (χ0n) is 17.5. The van der Waals surface area contributed by atoms with Gasteiger partial charge in [0.15, 0.2) is 11.4 Å². The number of amides is 1. The molecule has 1 unspecified atom stereocenters. The fraction of sp³-hybridized carbons (Fsp3) is 0.318. The van der Waals surface area contributed by atoms with Crippen LogP contribution in [0, 0.1) is 12.7 Å². The SMILES string of the molecule is COC1(C)C(=O)N(C)c2cc3c(NCc4cccc(C(F)F)c4F)nnc(C)c3cc21. The van der Waals surface area contributed by atoms with Crippen LogP contribution in [0.5, 0.6) is 0 Å². The first kappa shape index (κ1) is 21.0. The highest BCUT2D eigenvalue weighted by molar-refractivity contribution is 6.10. The maximum absolute atomic E-state index is 14.4. The van der Waals surface area contributed by atoms with E-state index in [1.165, 1.54) is 24.1 Å². The first-order valence-corrected chi connectivity index (χ1v) is 9.63. The van der Waals surface area contributed by atoms with E-state index < -0.39 is 23.4 Å². The highest BCUT2D eigenvalue weighted by Gasteiger charge is 2.46. The number of methoxy groups -OCH3 is 1. The molecule has 1 aliphatic rings. The van der Waals surface area contributed by atoms with E-state index in [9.17, 15) is 18.0 Å². The molecule has 1 aromatic heterocycles. The molecule has 0 radical (unpaired) electrons. The van der Waals surface area contributed by atoms with Gasteiger partial charge < -0.3 is 15.0 Å². The number of aryl methyl sites for hydroxylation is 1. The van der Waals surface area contributed by atoms with Gasteiger partial charge in [0.05, 0.1) is 16.9 Å². The monoisotopic (exact) mass is 430 g/mol. The minimum atomic E-state index is -2.90. The Morgan fingerprint density at radius 3 is 2.65 bits per heavy atom. The number of halogens is 3. The lowest BCUT2D eigenvalue weighted by Gasteiger charge is -2.21. The van der Waals surface area contributed by atoms with Crippen molar-refractivity contribution in [1.82, 2.24) is 10.2 Å². The van der Waals surface area contributed by atoms with Crippen molar-refractivity contribution in [2.45, 2.75) is 32.4 Å². The first-order chi connectivity index (χ1) is 14.7. The molecule has 1 atom stereocenters. The molecule has 0 fully saturated rings. The fourth-order valence-corrected chi connectivity index (χ4v) is 3.93. The summed E-state index contributed by atoms with van der Waals surface area (Å²) in [6.07, 6.45) is -2.90. The van der Waals surface area contributed by atoms with Gasteiger partial charge in [-0.05, 0) is 26.0 Å². The van der Waals surface area contributed by atoms with E-state index in [2.05, 4.69) is 15.5 Å². The number of rotatable bonds is 5. The predicted octanol–water partition coefficient (Wildman–Crippen LogP) is 4.47. The Balaban J connectivity index is 1.77. The molecular weight excluding hydrogens is 409 g/mol. The van der Waals surface area contributed by atoms with Crippen molar-refractivity contribution in [3.05, 3.63) is 58.5 Å². The Morgan fingerprint density at radius 2 is 1.97 bits per heavy atom. The van der Waals surface area contributed by atoms with Crippen LogP contribution in [0.3, 0.4) is 0 Å². The van der Waals surface area contributed by atoms with Crippen molar-refractivity contribution in [3.63, 3.8) is 0 Å². The molecule has 4 rings (SSSR count). The van der Waals surface area contributed by atoms with Crippen molar-refractivity contribution < 1.29 is 22.7 Å². The molecule has 162 valence electrons. The average Bonchev–Trinajstić information content (AvgIpc) is 2.94. The summed E-state index contributed by atoms with van der Waals surface area (Å²) >= 11 is 0. The van der Waals surface area contributed by atoms with Gasteiger partial charge in [0.25, 0.3) is 12.3 Å². The van der Waals surface area contributed by atoms with Crippen LogP contribution in [-0.2, 0) is 21.7 Å². The van der Waals surface area contributed by atoms with Crippen molar-refractivity contribution in [2.75, 3.05) is 24.4 Å². The van der Waals surface area contributed by atoms with Crippen molar-refractivity contribution in [2.24, 2.45) is 0 Å². The number of hydrogen-bond donors (Lipinski definition) is 1. The Kier molecular flexibility index (Phi) is 5.09. The van der Waals surface area contributed by atoms with Gasteiger partial charge in [-0.3, -0.25) is 4.79 Å². The number of ether oxygens (including phenoxy) is 1. The molecule has 1 aliphatic heterocycles. The third kappa shape index (κ3) is 3.20. The predicted molar refractivity (Wildman–Crippen MR) is 111 cm³/mol. The van der Waals surface area contributed by atoms with E-state index in [1.54, 1.807) is 20.9 Å². The minimum absolute atomic E-state index is 0.0547. The minimum Gasteiger partial charge on any atom is -0.364 e. The van der Waals surface area contributed by atoms with Crippen LogP contribution in [0.4, 0.5) is 24.7 Å². The molecule has 6 nitrogen and oxygen atoms in total. The van der Waals surface area contributed by atoms with E-state index in [1.807, 2.05) is 12.1 Å². The molecule has 2 heterocycles. The summed E-state index contributed by atoms with van der Waals surface area (Å²) in [5, 5.41) is 12.8. The summed E-state index contributed by atoms with van der Waals surface area (Å²) in [5.41, 5.74) is 0.371. The number of aromatic nitrogens is 2. The van der Waals surface area contributed by atoms with E-state index in [4.69, 9.17) is 4.74 Å². The number of nitrogens with zero attached hydrogens (tertiary/aromatic N) is 3. The summed E-state index contributed by atoms with van der Waals surface area (Å²) < 4.78 is 45.9. The standard InChI is InChI=1S/C22H21F3N4O2/c1-11-14-8-16-17(29(3)21(30)22(16,2)31-4)9-15(14)20(28-27-11)26-10-12-6-5-7-13(18(12)23)19(24)25/h5-9,19H,10H2,1-4H3,(H,26,28). The molecule has 1 N–H and O–H groups in total. The Labute approximate surface area is 177 Å². The number of benzene rings is 2. The van der Waals surface area contributed by atoms with E-state index >= 15 is 0 Å². The Hall–Kier alpha value is -3.20. The van der Waals surface area contributed by atoms with Gasteiger partial charge in [0.1, 0.15) is 5.82 Å². The number of nitrogens with one attached hydrogen (secondary N) is 1. The van der Waals surface area contributed by atoms with E-state index in [0.29, 0.717) is 28.1 Å². The molecule has 2 aromatic carbocycles. The van der Waals surface area contributed by atoms with Crippen molar-refractivity contribution in [3.8, 4) is 0 Å². The summed E-state index contributed by atoms with van der Waals surface area (Å²) in [5.74, 6) is -0.784. The van der Waals surface area contributed by atoms with Gasteiger partial charge >= 0.3 is 0 Å². The van der Waals surface area contributed by atoms with Crippen LogP contribution < -0.4 is 10.2 Å². The van der Waals surface area contributed by atoms with E-state index in [-0.39, 0.29) is 18.0 Å². The molecule has 3 aromatic rings. The molecule has 0 saturated carbocycles. The van der Waals surface area contributed by atoms with Gasteiger partial charge in [-0.1, -0.05) is 18.2 Å². The zero-order chi connectivity index (χ0) is 22.5. The molecule has 0 saturated heterocycles. The van der Waals surface area contributed by atoms with Crippen LogP contribution >= 0.6 is 0 Å². The lowest BCUT2D eigenvalue weighted by atomic mass is 9.94. The van der Waals surface area contributed by atoms with Gasteiger partial charge in [-0.2, -0.15) is 5.10 Å². The lowest BCUT2D eigenvalue weighted by molar-refractivity contribution is -0.137. The highest BCUT2D eigenvalue weighted by Crippen LogP contribution is 2.44. The summed E-state index contributed by atoms with van der Waals surface area (Å²) in [6, 6.07) is 7.55. The van der Waals surface area contributed by atoms with Gasteiger partial charge in [-0.25, -0.2) is 13.2 Å². The zero-order valence-corrected chi connectivity index (χ0v) is 17.5. The Bertz CT molecular complexity index is 1200. The lowest BCUT2D eigenvalue weighted by Crippen LogP contribution is -2.37. The molecule has 31 heavy (non-hydrogen) atoms. The summed E-state index contributed by atoms with van der Waals surface area (Å²) in [7, 11) is 3.15. The number of carbonyl (C=O) groups excluding carboxylic acids is 1. The van der Waals surface area contributed by atoms with Crippen molar-refractivity contribution >= 4 is 28.2 Å². The highest BCUT2D eigenvalue weighted by atomic mass is 19.3. The molecule has 0 spiro atoms. The topological polar surface area (TPSA) is 67.3 Å². The largest absolute Gasteiger partial charge is 0.364 e. The third-order valence-corrected chi connectivity index (χ3v) is 5.87. The van der Waals surface area contributed by atoms with Crippen LogP contribution in [0.25, 0.3) is 10.8 Å². The molecule has 0 bridgehead atoms. The molecular formula is C22H21F3N4O2. The maximum Gasteiger partial charge on any atom is 0.266 e. The second-order valence-corrected chi connectivity index (χ2v) is 7.63. The Morgan fingerprint density at radius 1 is 1.23 bits per heavy atom. The average molecular weight is 430 g/mol. The number of fused-ring (bicyclic) bond motifs is 2. The number of alkyl halides is 2. The fourth-order valence-electron chi connectivity index (χ4n) is 3.93. The van der Waals surface area contributed by atoms with Crippen LogP contribution in [0.2, 0.25) is 0 Å². The molecule has 9 heteroatoms. The smallest absolute Gasteiger partial charge is 0.266 e. The van der Waals surface area contributed by atoms with Crippen LogP contribution in [0.1, 0.15) is 35.7 Å². The first-order valence-electron chi connectivity index (χ1n) is 9.63. The van der Waals surface area contributed by atoms with Gasteiger partial charge in [0.2, 0.25) is 0 Å². The van der Waals surface area contributed by atoms with Crippen molar-refractivity contribution in [1.29, 1.82) is 0 Å². The third-order valence-electron chi connectivity index (χ3n) is 5.87. The number of anilines is 2. The number of hydrogen-bond acceptors (Lipinski definition) is 5. The van der Waals surface area contributed by atoms with Gasteiger partial charge in [-0.15, -0.1) is 5.10 Å². The number of likely N-dealkylation sites (N-methyl/N-ethyl adjacent to an activating group) is 1. The molecule has 1 amide bonds. The summed E-state index contributed by atoms with van der Waals surface area (Å²) in [6.45, 7) is 3.45. The summed E-state index contributed by atoms with van der Waals surface area (Å²) in [4.78, 5) is 14.3. The van der Waals surface area contributed by atoms with Crippen LogP contribution in [0.15, 0.2) is 30.3 Å². The van der Waals surface area contributed by atoms with E-state index in [0.717, 1.165) is 11.5 Å². The number of carbonyl (C=O) groups is 1. The van der Waals surface area contributed by atoms with Crippen LogP contribution in [-0.4, -0.2) is 30.3 Å². The second-order valence-electron chi connectivity index (χ2n) is 7.63. The second kappa shape index (κ2) is 7.49. The van der Waals surface area contributed by atoms with Gasteiger partial charge in [0, 0.05) is 42.6 Å². The maximum atomic E-state index is 14.4.